The van der Waals surface area contributed by atoms with Crippen LogP contribution in [0, 0.1) is 0 Å². The molecule has 1 saturated carbocycles. The van der Waals surface area contributed by atoms with Crippen LogP contribution in [0.1, 0.15) is 35.7 Å². The Morgan fingerprint density at radius 3 is 3.05 bits per heavy atom. The topological polar surface area (TPSA) is 55.1 Å². The zero-order chi connectivity index (χ0) is 13.4. The van der Waals surface area contributed by atoms with Gasteiger partial charge in [-0.1, -0.05) is 6.42 Å². The molecule has 4 nitrogen and oxygen atoms in total. The van der Waals surface area contributed by atoms with Crippen molar-refractivity contribution in [1.82, 2.24) is 9.55 Å². The lowest BCUT2D eigenvalue weighted by Crippen LogP contribution is -2.14. The van der Waals surface area contributed by atoms with Gasteiger partial charge in [0.25, 0.3) is 0 Å². The van der Waals surface area contributed by atoms with Crippen molar-refractivity contribution in [3.8, 4) is 0 Å². The molecule has 0 saturated heterocycles. The number of hydrogen-bond donors (Lipinski definition) is 1. The molecule has 1 aliphatic carbocycles. The van der Waals surface area contributed by atoms with Crippen LogP contribution in [0.3, 0.4) is 0 Å². The SMILES string of the molecule is CSC1CCCC1n1cnc2ccc(C(=O)O)cc21. The van der Waals surface area contributed by atoms with Crippen LogP contribution in [0.4, 0.5) is 0 Å². The molecule has 1 fully saturated rings. The highest BCUT2D eigenvalue weighted by molar-refractivity contribution is 7.99. The first-order valence-electron chi connectivity index (χ1n) is 6.43. The number of imidazole rings is 1. The Morgan fingerprint density at radius 1 is 1.47 bits per heavy atom. The number of fused-ring (bicyclic) bond motifs is 1. The maximum absolute atomic E-state index is 11.1. The molecule has 1 heterocycles. The van der Waals surface area contributed by atoms with E-state index < -0.39 is 5.97 Å². The van der Waals surface area contributed by atoms with Crippen LogP contribution >= 0.6 is 11.8 Å². The van der Waals surface area contributed by atoms with Crippen LogP contribution in [0.15, 0.2) is 24.5 Å². The van der Waals surface area contributed by atoms with Crippen molar-refractivity contribution < 1.29 is 9.90 Å². The van der Waals surface area contributed by atoms with Gasteiger partial charge in [-0.3, -0.25) is 0 Å². The summed E-state index contributed by atoms with van der Waals surface area (Å²) in [7, 11) is 0. The molecule has 1 N–H and O–H groups in total. The number of benzene rings is 1. The third kappa shape index (κ3) is 2.12. The summed E-state index contributed by atoms with van der Waals surface area (Å²) in [5.74, 6) is -0.887. The molecule has 0 amide bonds. The average Bonchev–Trinajstić information content (AvgIpc) is 3.03. The molecule has 19 heavy (non-hydrogen) atoms. The van der Waals surface area contributed by atoms with E-state index in [-0.39, 0.29) is 0 Å². The fourth-order valence-electron chi connectivity index (χ4n) is 2.92. The summed E-state index contributed by atoms with van der Waals surface area (Å²) in [6, 6.07) is 5.57. The maximum Gasteiger partial charge on any atom is 0.335 e. The third-order valence-corrected chi connectivity index (χ3v) is 5.05. The van der Waals surface area contributed by atoms with E-state index in [1.807, 2.05) is 18.1 Å². The molecular formula is C14H16N2O2S. The number of carboxylic acid groups (broad SMARTS) is 1. The molecule has 0 aliphatic heterocycles. The number of aromatic nitrogens is 2. The highest BCUT2D eigenvalue weighted by Crippen LogP contribution is 2.38. The first kappa shape index (κ1) is 12.5. The lowest BCUT2D eigenvalue weighted by molar-refractivity contribution is 0.0697. The van der Waals surface area contributed by atoms with E-state index in [1.54, 1.807) is 18.2 Å². The first-order chi connectivity index (χ1) is 9.20. The summed E-state index contributed by atoms with van der Waals surface area (Å²) in [5.41, 5.74) is 2.13. The van der Waals surface area contributed by atoms with Crippen molar-refractivity contribution in [2.75, 3.05) is 6.26 Å². The van der Waals surface area contributed by atoms with Gasteiger partial charge in [0, 0.05) is 11.3 Å². The van der Waals surface area contributed by atoms with E-state index in [0.717, 1.165) is 17.5 Å². The fourth-order valence-corrected chi connectivity index (χ4v) is 3.91. The zero-order valence-electron chi connectivity index (χ0n) is 10.7. The van der Waals surface area contributed by atoms with Gasteiger partial charge in [-0.2, -0.15) is 11.8 Å². The van der Waals surface area contributed by atoms with Crippen molar-refractivity contribution in [1.29, 1.82) is 0 Å². The molecule has 1 aromatic heterocycles. The standard InChI is InChI=1S/C14H16N2O2S/c1-19-13-4-2-3-11(13)16-8-15-10-6-5-9(14(17)18)7-12(10)16/h5-8,11,13H,2-4H2,1H3,(H,17,18). The van der Waals surface area contributed by atoms with E-state index in [2.05, 4.69) is 15.8 Å². The molecule has 2 atom stereocenters. The quantitative estimate of drug-likeness (QED) is 0.935. The van der Waals surface area contributed by atoms with E-state index in [4.69, 9.17) is 5.11 Å². The van der Waals surface area contributed by atoms with Gasteiger partial charge in [0.1, 0.15) is 0 Å². The highest BCUT2D eigenvalue weighted by atomic mass is 32.2. The Balaban J connectivity index is 2.08. The maximum atomic E-state index is 11.1. The molecule has 1 aromatic carbocycles. The summed E-state index contributed by atoms with van der Waals surface area (Å²) >= 11 is 1.89. The lowest BCUT2D eigenvalue weighted by Gasteiger charge is -2.20. The van der Waals surface area contributed by atoms with Crippen LogP contribution in [0.25, 0.3) is 11.0 Å². The van der Waals surface area contributed by atoms with Gasteiger partial charge in [0.05, 0.1) is 22.9 Å². The van der Waals surface area contributed by atoms with Gasteiger partial charge >= 0.3 is 5.97 Å². The van der Waals surface area contributed by atoms with Gasteiger partial charge in [-0.25, -0.2) is 9.78 Å². The summed E-state index contributed by atoms with van der Waals surface area (Å²) in [6.45, 7) is 0. The zero-order valence-corrected chi connectivity index (χ0v) is 11.6. The summed E-state index contributed by atoms with van der Waals surface area (Å²) in [4.78, 5) is 15.5. The van der Waals surface area contributed by atoms with Crippen LogP contribution < -0.4 is 0 Å². The molecule has 2 aromatic rings. The second kappa shape index (κ2) is 4.89. The number of hydrogen-bond acceptors (Lipinski definition) is 3. The molecular weight excluding hydrogens is 260 g/mol. The number of carboxylic acids is 1. The second-order valence-electron chi connectivity index (χ2n) is 4.93. The molecule has 0 bridgehead atoms. The normalized spacial score (nSPS) is 23.0. The van der Waals surface area contributed by atoms with E-state index in [1.165, 1.54) is 12.8 Å². The van der Waals surface area contributed by atoms with Gasteiger partial charge in [-0.15, -0.1) is 0 Å². The largest absolute Gasteiger partial charge is 0.478 e. The number of aromatic carboxylic acids is 1. The minimum Gasteiger partial charge on any atom is -0.478 e. The Kier molecular flexibility index (Phi) is 3.22. The van der Waals surface area contributed by atoms with Gasteiger partial charge in [-0.05, 0) is 37.3 Å². The molecule has 1 aliphatic rings. The van der Waals surface area contributed by atoms with Crippen molar-refractivity contribution >= 4 is 28.8 Å². The third-order valence-electron chi connectivity index (χ3n) is 3.90. The second-order valence-corrected chi connectivity index (χ2v) is 6.01. The molecule has 0 spiro atoms. The van der Waals surface area contributed by atoms with E-state index in [0.29, 0.717) is 16.9 Å². The fraction of sp³-hybridized carbons (Fsp3) is 0.429. The Morgan fingerprint density at radius 2 is 2.32 bits per heavy atom. The first-order valence-corrected chi connectivity index (χ1v) is 7.72. The average molecular weight is 276 g/mol. The van der Waals surface area contributed by atoms with E-state index in [9.17, 15) is 4.79 Å². The minimum atomic E-state index is -0.887. The summed E-state index contributed by atoms with van der Waals surface area (Å²) in [6.07, 6.45) is 7.60. The Labute approximate surface area is 115 Å². The monoisotopic (exact) mass is 276 g/mol. The van der Waals surface area contributed by atoms with Crippen molar-refractivity contribution in [2.45, 2.75) is 30.6 Å². The van der Waals surface area contributed by atoms with Gasteiger partial charge in [0.2, 0.25) is 0 Å². The van der Waals surface area contributed by atoms with Gasteiger partial charge < -0.3 is 9.67 Å². The number of carbonyl (C=O) groups is 1. The smallest absolute Gasteiger partial charge is 0.335 e. The molecule has 5 heteroatoms. The number of rotatable bonds is 3. The van der Waals surface area contributed by atoms with Crippen LogP contribution in [-0.2, 0) is 0 Å². The Bertz CT molecular complexity index is 623. The Hall–Kier alpha value is -1.49. The van der Waals surface area contributed by atoms with E-state index >= 15 is 0 Å². The van der Waals surface area contributed by atoms with Crippen LogP contribution in [0.2, 0.25) is 0 Å². The minimum absolute atomic E-state index is 0.327. The summed E-state index contributed by atoms with van der Waals surface area (Å²) in [5, 5.41) is 9.71. The van der Waals surface area contributed by atoms with Crippen molar-refractivity contribution in [2.24, 2.45) is 0 Å². The number of thioether (sulfide) groups is 1. The highest BCUT2D eigenvalue weighted by Gasteiger charge is 2.28. The van der Waals surface area contributed by atoms with Crippen molar-refractivity contribution in [3.63, 3.8) is 0 Å². The number of nitrogens with zero attached hydrogens (tertiary/aromatic N) is 2. The molecule has 3 rings (SSSR count). The lowest BCUT2D eigenvalue weighted by atomic mass is 10.2. The predicted octanol–water partition coefficient (Wildman–Crippen LogP) is 3.19. The van der Waals surface area contributed by atoms with Crippen molar-refractivity contribution in [3.05, 3.63) is 30.1 Å². The van der Waals surface area contributed by atoms with Crippen LogP contribution in [0.5, 0.6) is 0 Å². The molecule has 100 valence electrons. The van der Waals surface area contributed by atoms with Gasteiger partial charge in [0.15, 0.2) is 0 Å². The molecule has 0 radical (unpaired) electrons. The summed E-state index contributed by atoms with van der Waals surface area (Å²) < 4.78 is 2.16. The van der Waals surface area contributed by atoms with Crippen LogP contribution in [-0.4, -0.2) is 32.1 Å². The predicted molar refractivity (Wildman–Crippen MR) is 76.9 cm³/mol. The molecule has 2 unspecified atom stereocenters.